The summed E-state index contributed by atoms with van der Waals surface area (Å²) in [5.74, 6) is -0.755. The number of amides is 1. The lowest BCUT2D eigenvalue weighted by molar-refractivity contribution is -0.154. The number of hydrogen-bond donors (Lipinski definition) is 1. The molecular formula is C13H13Cl2NO3. The van der Waals surface area contributed by atoms with Crippen molar-refractivity contribution in [1.29, 1.82) is 0 Å². The van der Waals surface area contributed by atoms with Gasteiger partial charge in [-0.1, -0.05) is 23.2 Å². The van der Waals surface area contributed by atoms with Gasteiger partial charge in [0.25, 0.3) is 5.91 Å². The van der Waals surface area contributed by atoms with Crippen LogP contribution >= 0.6 is 23.2 Å². The Morgan fingerprint density at radius 2 is 1.84 bits per heavy atom. The molecular weight excluding hydrogens is 289 g/mol. The molecule has 1 fully saturated rings. The first-order valence-electron chi connectivity index (χ1n) is 5.93. The molecule has 1 N–H and O–H groups in total. The third-order valence-corrected chi connectivity index (χ3v) is 3.14. The van der Waals surface area contributed by atoms with E-state index in [2.05, 4.69) is 5.32 Å². The van der Waals surface area contributed by atoms with E-state index in [-0.39, 0.29) is 11.9 Å². The zero-order chi connectivity index (χ0) is 14.0. The van der Waals surface area contributed by atoms with Gasteiger partial charge in [-0.15, -0.1) is 0 Å². The predicted octanol–water partition coefficient (Wildman–Crippen LogP) is 3.27. The minimum absolute atomic E-state index is 0.0316. The number of benzene rings is 1. The molecule has 0 aliphatic heterocycles. The number of carbonyl (C=O) groups excluding carboxylic acids is 2. The number of nitrogens with one attached hydrogen (secondary N) is 1. The summed E-state index contributed by atoms with van der Waals surface area (Å²) in [5, 5.41) is 3.45. The maximum absolute atomic E-state index is 11.8. The molecule has 1 aromatic rings. The Morgan fingerprint density at radius 1 is 1.26 bits per heavy atom. The summed E-state index contributed by atoms with van der Waals surface area (Å²) in [6, 6.07) is 4.71. The van der Waals surface area contributed by atoms with Crippen molar-refractivity contribution in [3.63, 3.8) is 0 Å². The highest BCUT2D eigenvalue weighted by molar-refractivity contribution is 6.35. The van der Waals surface area contributed by atoms with Crippen molar-refractivity contribution in [2.45, 2.75) is 25.9 Å². The first-order chi connectivity index (χ1) is 8.95. The number of esters is 1. The molecule has 2 rings (SSSR count). The molecule has 0 bridgehead atoms. The average Bonchev–Trinajstić information content (AvgIpc) is 3.10. The highest BCUT2D eigenvalue weighted by Gasteiger charge is 2.33. The van der Waals surface area contributed by atoms with E-state index in [4.69, 9.17) is 27.9 Å². The van der Waals surface area contributed by atoms with Crippen LogP contribution in [0.4, 0.5) is 5.69 Å². The molecule has 1 amide bonds. The van der Waals surface area contributed by atoms with Crippen molar-refractivity contribution in [3.05, 3.63) is 28.2 Å². The van der Waals surface area contributed by atoms with Crippen LogP contribution in [-0.4, -0.2) is 18.0 Å². The maximum Gasteiger partial charge on any atom is 0.309 e. The van der Waals surface area contributed by atoms with Crippen LogP contribution in [-0.2, 0) is 14.3 Å². The molecule has 0 spiro atoms. The van der Waals surface area contributed by atoms with E-state index in [1.54, 1.807) is 18.2 Å². The van der Waals surface area contributed by atoms with Crippen molar-refractivity contribution >= 4 is 40.8 Å². The Labute approximate surface area is 121 Å². The Hall–Kier alpha value is -1.26. The summed E-state index contributed by atoms with van der Waals surface area (Å²) in [6.07, 6.45) is 0.847. The lowest BCUT2D eigenvalue weighted by Gasteiger charge is -2.13. The molecule has 6 heteroatoms. The maximum atomic E-state index is 11.8. The van der Waals surface area contributed by atoms with Crippen LogP contribution in [0.25, 0.3) is 0 Å². The second-order valence-electron chi connectivity index (χ2n) is 4.50. The zero-order valence-electron chi connectivity index (χ0n) is 10.3. The predicted molar refractivity (Wildman–Crippen MR) is 73.4 cm³/mol. The molecule has 1 atom stereocenters. The third-order valence-electron chi connectivity index (χ3n) is 2.70. The number of hydrogen-bond acceptors (Lipinski definition) is 3. The van der Waals surface area contributed by atoms with Gasteiger partial charge in [-0.3, -0.25) is 9.59 Å². The summed E-state index contributed by atoms with van der Waals surface area (Å²) in [4.78, 5) is 23.3. The molecule has 1 aromatic carbocycles. The quantitative estimate of drug-likeness (QED) is 0.868. The second kappa shape index (κ2) is 5.80. The SMILES string of the molecule is C[C@@H](OC(=O)C1CC1)C(=O)Nc1cc(Cl)cc(Cl)c1. The molecule has 19 heavy (non-hydrogen) atoms. The number of halogens is 2. The van der Waals surface area contributed by atoms with Crippen molar-refractivity contribution in [2.75, 3.05) is 5.32 Å². The van der Waals surface area contributed by atoms with Crippen LogP contribution in [0, 0.1) is 5.92 Å². The highest BCUT2D eigenvalue weighted by atomic mass is 35.5. The molecule has 0 radical (unpaired) electrons. The molecule has 0 saturated heterocycles. The minimum atomic E-state index is -0.842. The van der Waals surface area contributed by atoms with Crippen molar-refractivity contribution < 1.29 is 14.3 Å². The number of rotatable bonds is 4. The van der Waals surface area contributed by atoms with E-state index in [9.17, 15) is 9.59 Å². The lowest BCUT2D eigenvalue weighted by atomic mass is 10.3. The fourth-order valence-corrected chi connectivity index (χ4v) is 2.04. The number of ether oxygens (including phenoxy) is 1. The largest absolute Gasteiger partial charge is 0.452 e. The van der Waals surface area contributed by atoms with E-state index in [0.717, 1.165) is 12.8 Å². The van der Waals surface area contributed by atoms with Gasteiger partial charge < -0.3 is 10.1 Å². The fraction of sp³-hybridized carbons (Fsp3) is 0.385. The Kier molecular flexibility index (Phi) is 4.32. The second-order valence-corrected chi connectivity index (χ2v) is 5.37. The first kappa shape index (κ1) is 14.2. The standard InChI is InChI=1S/C13H13Cl2NO3/c1-7(19-13(18)8-2-3-8)12(17)16-11-5-9(14)4-10(15)6-11/h4-8H,2-3H2,1H3,(H,16,17)/t7-/m1/s1. The molecule has 0 unspecified atom stereocenters. The molecule has 102 valence electrons. The minimum Gasteiger partial charge on any atom is -0.452 e. The normalized spacial score (nSPS) is 15.7. The van der Waals surface area contributed by atoms with Gasteiger partial charge in [0.1, 0.15) is 0 Å². The fourth-order valence-electron chi connectivity index (χ4n) is 1.51. The molecule has 1 aliphatic rings. The highest BCUT2D eigenvalue weighted by Crippen LogP contribution is 2.30. The van der Waals surface area contributed by atoms with Crippen molar-refractivity contribution in [3.8, 4) is 0 Å². The monoisotopic (exact) mass is 301 g/mol. The van der Waals surface area contributed by atoms with Gasteiger partial charge in [0.15, 0.2) is 6.10 Å². The van der Waals surface area contributed by atoms with Gasteiger partial charge >= 0.3 is 5.97 Å². The summed E-state index contributed by atoms with van der Waals surface area (Å²) in [7, 11) is 0. The van der Waals surface area contributed by atoms with Crippen LogP contribution in [0.2, 0.25) is 10.0 Å². The molecule has 1 saturated carbocycles. The summed E-state index contributed by atoms with van der Waals surface area (Å²) >= 11 is 11.7. The van der Waals surface area contributed by atoms with E-state index < -0.39 is 12.0 Å². The number of anilines is 1. The molecule has 4 nitrogen and oxygen atoms in total. The molecule has 0 heterocycles. The van der Waals surface area contributed by atoms with Crippen LogP contribution in [0.15, 0.2) is 18.2 Å². The molecule has 0 aromatic heterocycles. The Morgan fingerprint density at radius 3 is 2.37 bits per heavy atom. The zero-order valence-corrected chi connectivity index (χ0v) is 11.8. The molecule has 1 aliphatic carbocycles. The summed E-state index contributed by atoms with van der Waals surface area (Å²) < 4.78 is 5.05. The smallest absolute Gasteiger partial charge is 0.309 e. The van der Waals surface area contributed by atoms with Gasteiger partial charge in [0, 0.05) is 15.7 Å². The van der Waals surface area contributed by atoms with Gasteiger partial charge in [0.2, 0.25) is 0 Å². The average molecular weight is 302 g/mol. The number of carbonyl (C=O) groups is 2. The van der Waals surface area contributed by atoms with E-state index in [0.29, 0.717) is 15.7 Å². The van der Waals surface area contributed by atoms with Crippen molar-refractivity contribution in [1.82, 2.24) is 0 Å². The topological polar surface area (TPSA) is 55.4 Å². The van der Waals surface area contributed by atoms with Crippen LogP contribution in [0.3, 0.4) is 0 Å². The van der Waals surface area contributed by atoms with Gasteiger partial charge in [-0.2, -0.15) is 0 Å². The van der Waals surface area contributed by atoms with Crippen LogP contribution < -0.4 is 5.32 Å². The summed E-state index contributed by atoms with van der Waals surface area (Å²) in [5.41, 5.74) is 0.469. The van der Waals surface area contributed by atoms with Crippen molar-refractivity contribution in [2.24, 2.45) is 5.92 Å². The van der Waals surface area contributed by atoms with Gasteiger partial charge in [0.05, 0.1) is 5.92 Å². The van der Waals surface area contributed by atoms with Crippen LogP contribution in [0.5, 0.6) is 0 Å². The van der Waals surface area contributed by atoms with E-state index in [1.165, 1.54) is 6.92 Å². The van der Waals surface area contributed by atoms with E-state index >= 15 is 0 Å². The van der Waals surface area contributed by atoms with Crippen LogP contribution in [0.1, 0.15) is 19.8 Å². The summed E-state index contributed by atoms with van der Waals surface area (Å²) in [6.45, 7) is 1.53. The first-order valence-corrected chi connectivity index (χ1v) is 6.69. The van der Waals surface area contributed by atoms with E-state index in [1.807, 2.05) is 0 Å². The van der Waals surface area contributed by atoms with Gasteiger partial charge in [-0.25, -0.2) is 0 Å². The Balaban J connectivity index is 1.93. The van der Waals surface area contributed by atoms with Gasteiger partial charge in [-0.05, 0) is 38.0 Å². The Bertz CT molecular complexity index is 494. The third kappa shape index (κ3) is 4.11. The lowest BCUT2D eigenvalue weighted by Crippen LogP contribution is -2.30.